The summed E-state index contributed by atoms with van der Waals surface area (Å²) < 4.78 is 14.4. The molecule has 1 unspecified atom stereocenters. The molecular formula is C26H21N2O4P. The lowest BCUT2D eigenvalue weighted by Crippen LogP contribution is -2.21. The molecule has 0 radical (unpaired) electrons. The molecule has 3 N–H and O–H groups in total. The van der Waals surface area contributed by atoms with E-state index < -0.39 is 19.2 Å². The number of carbonyl (C=O) groups is 1. The van der Waals surface area contributed by atoms with Gasteiger partial charge in [0.05, 0.1) is 5.52 Å². The van der Waals surface area contributed by atoms with Crippen LogP contribution in [0.5, 0.6) is 0 Å². The van der Waals surface area contributed by atoms with Crippen LogP contribution in [-0.4, -0.2) is 20.3 Å². The lowest BCUT2D eigenvalue weighted by molar-refractivity contribution is -0.116. The van der Waals surface area contributed by atoms with Crippen molar-refractivity contribution in [1.29, 1.82) is 0 Å². The maximum Gasteiger partial charge on any atom is 0.342 e. The lowest BCUT2D eigenvalue weighted by atomic mass is 10.1. The number of rotatable bonds is 5. The number of benzene rings is 4. The van der Waals surface area contributed by atoms with E-state index in [-0.39, 0.29) is 5.56 Å². The van der Waals surface area contributed by atoms with Crippen molar-refractivity contribution in [2.45, 2.75) is 5.66 Å². The summed E-state index contributed by atoms with van der Waals surface area (Å²) in [5.74, 6) is -0.755. The Hall–Kier alpha value is -3.70. The fraction of sp³-hybridized carbons (Fsp3) is 0.0385. The highest BCUT2D eigenvalue weighted by Gasteiger charge is 2.39. The highest BCUT2D eigenvalue weighted by Crippen LogP contribution is 2.54. The minimum Gasteiger partial charge on any atom is -0.325 e. The van der Waals surface area contributed by atoms with Gasteiger partial charge in [0.1, 0.15) is 0 Å². The monoisotopic (exact) mass is 456 g/mol. The van der Waals surface area contributed by atoms with Gasteiger partial charge in [-0.3, -0.25) is 9.36 Å². The summed E-state index contributed by atoms with van der Waals surface area (Å²) in [4.78, 5) is 33.7. The second kappa shape index (κ2) is 8.34. The Morgan fingerprint density at radius 3 is 2.24 bits per heavy atom. The summed E-state index contributed by atoms with van der Waals surface area (Å²) in [5.41, 5.74) is 0.693. The van der Waals surface area contributed by atoms with Gasteiger partial charge in [0.2, 0.25) is 5.91 Å². The Labute approximate surface area is 190 Å². The van der Waals surface area contributed by atoms with Crippen LogP contribution in [0.2, 0.25) is 0 Å². The van der Waals surface area contributed by atoms with Crippen LogP contribution in [0.15, 0.2) is 103 Å². The Kier molecular flexibility index (Phi) is 5.35. The number of hydrogen-bond donors (Lipinski definition) is 3. The Bertz CT molecular complexity index is 1520. The summed E-state index contributed by atoms with van der Waals surface area (Å²) in [7, 11) is -4.85. The fourth-order valence-corrected chi connectivity index (χ4v) is 5.12. The molecule has 7 heteroatoms. The van der Waals surface area contributed by atoms with Crippen LogP contribution < -0.4 is 5.32 Å². The zero-order valence-corrected chi connectivity index (χ0v) is 18.4. The average molecular weight is 456 g/mol. The number of nitrogens with one attached hydrogen (secondary N) is 1. The van der Waals surface area contributed by atoms with E-state index in [1.165, 1.54) is 0 Å². The first-order valence-electron chi connectivity index (χ1n) is 10.4. The number of nitrogens with zero attached hydrogens (tertiary/aromatic N) is 1. The largest absolute Gasteiger partial charge is 0.342 e. The van der Waals surface area contributed by atoms with Crippen molar-refractivity contribution in [2.24, 2.45) is 0 Å². The van der Waals surface area contributed by atoms with Crippen LogP contribution in [0.4, 0.5) is 5.69 Å². The van der Waals surface area contributed by atoms with E-state index in [0.29, 0.717) is 11.1 Å². The van der Waals surface area contributed by atoms with Crippen LogP contribution >= 0.6 is 7.60 Å². The minimum absolute atomic E-state index is 0.279. The van der Waals surface area contributed by atoms with Crippen LogP contribution in [-0.2, 0) is 9.36 Å². The molecule has 6 nitrogen and oxygen atoms in total. The van der Waals surface area contributed by atoms with E-state index in [1.54, 1.807) is 30.5 Å². The zero-order chi connectivity index (χ0) is 23.0. The molecule has 0 spiro atoms. The van der Waals surface area contributed by atoms with Crippen LogP contribution in [0.1, 0.15) is 11.2 Å². The summed E-state index contributed by atoms with van der Waals surface area (Å²) >= 11 is 0. The molecule has 0 bridgehead atoms. The normalized spacial score (nSPS) is 12.7. The first-order chi connectivity index (χ1) is 15.9. The maximum absolute atomic E-state index is 13.3. The van der Waals surface area contributed by atoms with Gasteiger partial charge in [0, 0.05) is 28.5 Å². The van der Waals surface area contributed by atoms with E-state index in [9.17, 15) is 19.1 Å². The topological polar surface area (TPSA) is 91.6 Å². The second-order valence-electron chi connectivity index (χ2n) is 7.85. The van der Waals surface area contributed by atoms with E-state index in [2.05, 4.69) is 5.32 Å². The molecule has 0 fully saturated rings. The standard InChI is InChI=1S/C26H21N2O4P/c29-26(27-20-15-14-18-8-4-5-9-19(18)16-20)25(33(30,31)32)23-17-28(21-10-2-1-3-11-21)24-13-7-6-12-22(23)24/h1-17,25H,(H,27,29)(H2,30,31,32). The van der Waals surface area contributed by atoms with Crippen molar-refractivity contribution in [1.82, 2.24) is 4.57 Å². The molecule has 0 aliphatic heterocycles. The van der Waals surface area contributed by atoms with Gasteiger partial charge in [0.15, 0.2) is 5.66 Å². The Balaban J connectivity index is 1.60. The van der Waals surface area contributed by atoms with Gasteiger partial charge in [-0.05, 0) is 41.1 Å². The first kappa shape index (κ1) is 21.2. The molecule has 1 aromatic heterocycles. The molecule has 5 aromatic rings. The fourth-order valence-electron chi connectivity index (χ4n) is 4.18. The molecule has 4 aromatic carbocycles. The van der Waals surface area contributed by atoms with Gasteiger partial charge in [-0.2, -0.15) is 0 Å². The third kappa shape index (κ3) is 4.08. The SMILES string of the molecule is O=C(Nc1ccc2ccccc2c1)C(c1cn(-c2ccccc2)c2ccccc12)P(=O)(O)O. The van der Waals surface area contributed by atoms with E-state index >= 15 is 0 Å². The molecular weight excluding hydrogens is 435 g/mol. The number of amides is 1. The van der Waals surface area contributed by atoms with Crippen molar-refractivity contribution in [3.63, 3.8) is 0 Å². The molecule has 1 amide bonds. The summed E-state index contributed by atoms with van der Waals surface area (Å²) in [5, 5.41) is 5.25. The maximum atomic E-state index is 13.3. The second-order valence-corrected chi connectivity index (χ2v) is 9.54. The van der Waals surface area contributed by atoms with Gasteiger partial charge in [0.25, 0.3) is 0 Å². The van der Waals surface area contributed by atoms with E-state index in [0.717, 1.165) is 22.0 Å². The first-order valence-corrected chi connectivity index (χ1v) is 12.1. The smallest absolute Gasteiger partial charge is 0.325 e. The lowest BCUT2D eigenvalue weighted by Gasteiger charge is -2.18. The highest BCUT2D eigenvalue weighted by molar-refractivity contribution is 7.53. The van der Waals surface area contributed by atoms with Crippen molar-refractivity contribution >= 4 is 40.9 Å². The molecule has 33 heavy (non-hydrogen) atoms. The van der Waals surface area contributed by atoms with E-state index in [1.807, 2.05) is 77.4 Å². The van der Waals surface area contributed by atoms with Crippen molar-refractivity contribution in [2.75, 3.05) is 5.32 Å². The molecule has 1 heterocycles. The van der Waals surface area contributed by atoms with E-state index in [4.69, 9.17) is 0 Å². The molecule has 5 rings (SSSR count). The van der Waals surface area contributed by atoms with Gasteiger partial charge >= 0.3 is 7.60 Å². The van der Waals surface area contributed by atoms with Gasteiger partial charge in [-0.1, -0.05) is 66.7 Å². The third-order valence-corrected chi connectivity index (χ3v) is 6.86. The molecule has 0 saturated carbocycles. The summed E-state index contributed by atoms with van der Waals surface area (Å²) in [6, 6.07) is 29.8. The van der Waals surface area contributed by atoms with Crippen molar-refractivity contribution in [3.8, 4) is 5.69 Å². The Morgan fingerprint density at radius 2 is 1.48 bits per heavy atom. The summed E-state index contributed by atoms with van der Waals surface area (Å²) in [6.07, 6.45) is 1.64. The predicted molar refractivity (Wildman–Crippen MR) is 131 cm³/mol. The quantitative estimate of drug-likeness (QED) is 0.299. The number of anilines is 1. The van der Waals surface area contributed by atoms with Gasteiger partial charge < -0.3 is 19.7 Å². The van der Waals surface area contributed by atoms with Gasteiger partial charge in [-0.25, -0.2) is 0 Å². The Morgan fingerprint density at radius 1 is 0.818 bits per heavy atom. The van der Waals surface area contributed by atoms with Crippen LogP contribution in [0, 0.1) is 0 Å². The zero-order valence-electron chi connectivity index (χ0n) is 17.5. The van der Waals surface area contributed by atoms with Gasteiger partial charge in [-0.15, -0.1) is 0 Å². The number of hydrogen-bond acceptors (Lipinski definition) is 2. The average Bonchev–Trinajstić information content (AvgIpc) is 3.18. The minimum atomic E-state index is -4.85. The summed E-state index contributed by atoms with van der Waals surface area (Å²) in [6.45, 7) is 0. The van der Waals surface area contributed by atoms with Crippen molar-refractivity contribution in [3.05, 3.63) is 109 Å². The number of para-hydroxylation sites is 2. The molecule has 0 aliphatic carbocycles. The van der Waals surface area contributed by atoms with Crippen molar-refractivity contribution < 1.29 is 19.1 Å². The van der Waals surface area contributed by atoms with Crippen LogP contribution in [0.25, 0.3) is 27.4 Å². The molecule has 0 saturated heterocycles. The number of aromatic nitrogens is 1. The molecule has 0 aliphatic rings. The molecule has 164 valence electrons. The number of fused-ring (bicyclic) bond motifs is 2. The number of carbonyl (C=O) groups excluding carboxylic acids is 1. The highest BCUT2D eigenvalue weighted by atomic mass is 31.2. The predicted octanol–water partition coefficient (Wildman–Crippen LogP) is 5.64. The van der Waals surface area contributed by atoms with Crippen LogP contribution in [0.3, 0.4) is 0 Å². The third-order valence-electron chi connectivity index (χ3n) is 5.67. The molecule has 1 atom stereocenters.